The molecular weight excluding hydrogens is 220 g/mol. The first-order valence-electron chi connectivity index (χ1n) is 5.66. The normalized spacial score (nSPS) is 27.5. The van der Waals surface area contributed by atoms with E-state index in [9.17, 15) is 9.90 Å². The van der Waals surface area contributed by atoms with Crippen LogP contribution in [0, 0.1) is 12.3 Å². The van der Waals surface area contributed by atoms with Crippen LogP contribution in [-0.2, 0) is 0 Å². The fourth-order valence-electron chi connectivity index (χ4n) is 2.08. The molecule has 1 aromatic heterocycles. The van der Waals surface area contributed by atoms with Crippen LogP contribution < -0.4 is 0 Å². The van der Waals surface area contributed by atoms with E-state index in [4.69, 9.17) is 4.42 Å². The summed E-state index contributed by atoms with van der Waals surface area (Å²) in [7, 11) is 0. The van der Waals surface area contributed by atoms with E-state index in [1.54, 1.807) is 18.7 Å². The highest BCUT2D eigenvalue weighted by atomic mass is 16.4. The number of hydrogen-bond acceptors (Lipinski definition) is 4. The number of hydrogen-bond donors (Lipinski definition) is 1. The molecule has 1 atom stereocenters. The molecular formula is C12H18N2O3. The van der Waals surface area contributed by atoms with E-state index in [2.05, 4.69) is 4.98 Å². The largest absolute Gasteiger partial charge is 0.438 e. The molecule has 0 saturated carbocycles. The molecule has 0 aliphatic carbocycles. The first-order valence-corrected chi connectivity index (χ1v) is 5.66. The minimum atomic E-state index is -0.878. The molecule has 1 aromatic rings. The molecule has 1 aliphatic heterocycles. The number of aromatic nitrogens is 1. The molecule has 1 amide bonds. The number of likely N-dealkylation sites (tertiary alicyclic amines) is 1. The van der Waals surface area contributed by atoms with Gasteiger partial charge >= 0.3 is 0 Å². The molecule has 0 aromatic carbocycles. The second kappa shape index (κ2) is 3.57. The number of nitrogens with zero attached hydrogens (tertiary/aromatic N) is 2. The van der Waals surface area contributed by atoms with Gasteiger partial charge < -0.3 is 14.4 Å². The standard InChI is InChI=1S/C12H18N2O3/c1-8-9(17-7-13-8)10(15)14-5-11(2,3)12(4,16)6-14/h7,16H,5-6H2,1-4H3/t12-/m0/s1. The fraction of sp³-hybridized carbons (Fsp3) is 0.667. The lowest BCUT2D eigenvalue weighted by atomic mass is 9.79. The van der Waals surface area contributed by atoms with E-state index in [0.29, 0.717) is 18.8 Å². The monoisotopic (exact) mass is 238 g/mol. The maximum atomic E-state index is 12.2. The van der Waals surface area contributed by atoms with Gasteiger partial charge in [-0.2, -0.15) is 0 Å². The molecule has 94 valence electrons. The molecule has 0 bridgehead atoms. The van der Waals surface area contributed by atoms with Crippen molar-refractivity contribution in [3.05, 3.63) is 17.8 Å². The summed E-state index contributed by atoms with van der Waals surface area (Å²) >= 11 is 0. The highest BCUT2D eigenvalue weighted by Crippen LogP contribution is 2.38. The lowest BCUT2D eigenvalue weighted by Gasteiger charge is -2.30. The van der Waals surface area contributed by atoms with E-state index < -0.39 is 5.60 Å². The topological polar surface area (TPSA) is 66.6 Å². The third-order valence-corrected chi connectivity index (χ3v) is 3.77. The van der Waals surface area contributed by atoms with Gasteiger partial charge in [0.25, 0.3) is 5.91 Å². The molecule has 0 spiro atoms. The first-order chi connectivity index (χ1) is 7.74. The van der Waals surface area contributed by atoms with Gasteiger partial charge in [-0.15, -0.1) is 0 Å². The Labute approximate surface area is 100 Å². The van der Waals surface area contributed by atoms with Gasteiger partial charge in [-0.1, -0.05) is 13.8 Å². The zero-order chi connectivity index (χ0) is 12.8. The van der Waals surface area contributed by atoms with Crippen LogP contribution in [0.2, 0.25) is 0 Å². The Morgan fingerprint density at radius 3 is 2.53 bits per heavy atom. The number of aryl methyl sites for hydroxylation is 1. The van der Waals surface area contributed by atoms with Crippen LogP contribution in [0.25, 0.3) is 0 Å². The van der Waals surface area contributed by atoms with Crippen molar-refractivity contribution in [3.8, 4) is 0 Å². The molecule has 2 heterocycles. The van der Waals surface area contributed by atoms with Crippen LogP contribution in [0.5, 0.6) is 0 Å². The maximum Gasteiger partial charge on any atom is 0.291 e. The lowest BCUT2D eigenvalue weighted by molar-refractivity contribution is -0.0108. The highest BCUT2D eigenvalue weighted by molar-refractivity contribution is 5.92. The average molecular weight is 238 g/mol. The van der Waals surface area contributed by atoms with Crippen LogP contribution in [0.15, 0.2) is 10.8 Å². The van der Waals surface area contributed by atoms with Gasteiger partial charge in [-0.05, 0) is 13.8 Å². The van der Waals surface area contributed by atoms with Crippen molar-refractivity contribution in [1.29, 1.82) is 0 Å². The minimum absolute atomic E-state index is 0.203. The zero-order valence-corrected chi connectivity index (χ0v) is 10.6. The van der Waals surface area contributed by atoms with Crippen LogP contribution in [0.1, 0.15) is 37.0 Å². The third kappa shape index (κ3) is 1.84. The summed E-state index contributed by atoms with van der Waals surface area (Å²) in [6.07, 6.45) is 1.27. The second-order valence-corrected chi connectivity index (χ2v) is 5.59. The second-order valence-electron chi connectivity index (χ2n) is 5.59. The molecule has 0 radical (unpaired) electrons. The molecule has 2 rings (SSSR count). The molecule has 5 heteroatoms. The number of oxazole rings is 1. The molecule has 1 saturated heterocycles. The number of aliphatic hydroxyl groups is 1. The van der Waals surface area contributed by atoms with Crippen LogP contribution >= 0.6 is 0 Å². The summed E-state index contributed by atoms with van der Waals surface area (Å²) in [4.78, 5) is 17.7. The van der Waals surface area contributed by atoms with Crippen molar-refractivity contribution in [3.63, 3.8) is 0 Å². The van der Waals surface area contributed by atoms with Gasteiger partial charge in [0.2, 0.25) is 5.76 Å². The highest BCUT2D eigenvalue weighted by Gasteiger charge is 2.49. The van der Waals surface area contributed by atoms with Crippen LogP contribution in [0.4, 0.5) is 0 Å². The summed E-state index contributed by atoms with van der Waals surface area (Å²) in [5, 5.41) is 10.3. The summed E-state index contributed by atoms with van der Waals surface area (Å²) < 4.78 is 5.09. The Morgan fingerprint density at radius 1 is 1.47 bits per heavy atom. The zero-order valence-electron chi connectivity index (χ0n) is 10.6. The molecule has 1 N–H and O–H groups in total. The molecule has 0 unspecified atom stereocenters. The van der Waals surface area contributed by atoms with Gasteiger partial charge in [-0.3, -0.25) is 4.79 Å². The van der Waals surface area contributed by atoms with Crippen LogP contribution in [-0.4, -0.2) is 39.6 Å². The summed E-state index contributed by atoms with van der Waals surface area (Å²) in [6, 6.07) is 0. The Kier molecular flexibility index (Phi) is 2.54. The lowest BCUT2D eigenvalue weighted by Crippen LogP contribution is -2.40. The number of carbonyl (C=O) groups is 1. The quantitative estimate of drug-likeness (QED) is 0.798. The Hall–Kier alpha value is -1.36. The van der Waals surface area contributed by atoms with Gasteiger partial charge in [0, 0.05) is 12.0 Å². The van der Waals surface area contributed by atoms with Crippen molar-refractivity contribution in [2.45, 2.75) is 33.3 Å². The van der Waals surface area contributed by atoms with E-state index in [0.717, 1.165) is 0 Å². The number of rotatable bonds is 1. The summed E-state index contributed by atoms with van der Waals surface area (Å²) in [6.45, 7) is 8.22. The van der Waals surface area contributed by atoms with Gasteiger partial charge in [0.1, 0.15) is 0 Å². The molecule has 5 nitrogen and oxygen atoms in total. The summed E-state index contributed by atoms with van der Waals surface area (Å²) in [5.74, 6) is 0.0596. The predicted octanol–water partition coefficient (Wildman–Crippen LogP) is 1.22. The SMILES string of the molecule is Cc1ncoc1C(=O)N1CC(C)(C)[C@@](C)(O)C1. The van der Waals surface area contributed by atoms with Crippen molar-refractivity contribution in [2.24, 2.45) is 5.41 Å². The van der Waals surface area contributed by atoms with Gasteiger partial charge in [-0.25, -0.2) is 4.98 Å². The van der Waals surface area contributed by atoms with E-state index in [1.807, 2.05) is 13.8 Å². The minimum Gasteiger partial charge on any atom is -0.438 e. The third-order valence-electron chi connectivity index (χ3n) is 3.77. The fourth-order valence-corrected chi connectivity index (χ4v) is 2.08. The number of carbonyl (C=O) groups excluding carboxylic acids is 1. The first kappa shape index (κ1) is 12.1. The molecule has 17 heavy (non-hydrogen) atoms. The van der Waals surface area contributed by atoms with E-state index in [-0.39, 0.29) is 17.1 Å². The number of β-amino-alcohol motifs (C(OH)–C–C–N with tert-alkyl or cyclic N) is 1. The van der Waals surface area contributed by atoms with Gasteiger partial charge in [0.05, 0.1) is 17.8 Å². The maximum absolute atomic E-state index is 12.2. The van der Waals surface area contributed by atoms with Crippen molar-refractivity contribution >= 4 is 5.91 Å². The Morgan fingerprint density at radius 2 is 2.12 bits per heavy atom. The number of amides is 1. The van der Waals surface area contributed by atoms with E-state index in [1.165, 1.54) is 6.39 Å². The molecule has 1 aliphatic rings. The van der Waals surface area contributed by atoms with Crippen LogP contribution in [0.3, 0.4) is 0 Å². The Bertz CT molecular complexity index is 432. The Balaban J connectivity index is 2.23. The van der Waals surface area contributed by atoms with Crippen molar-refractivity contribution in [2.75, 3.05) is 13.1 Å². The average Bonchev–Trinajstić information content (AvgIpc) is 2.68. The summed E-state index contributed by atoms with van der Waals surface area (Å²) in [5.41, 5.74) is -0.618. The van der Waals surface area contributed by atoms with E-state index >= 15 is 0 Å². The molecule has 1 fully saturated rings. The van der Waals surface area contributed by atoms with Crippen molar-refractivity contribution < 1.29 is 14.3 Å². The smallest absolute Gasteiger partial charge is 0.291 e. The predicted molar refractivity (Wildman–Crippen MR) is 61.5 cm³/mol. The van der Waals surface area contributed by atoms with Crippen molar-refractivity contribution in [1.82, 2.24) is 9.88 Å². The van der Waals surface area contributed by atoms with Gasteiger partial charge in [0.15, 0.2) is 6.39 Å².